The first-order valence-corrected chi connectivity index (χ1v) is 10.8. The largest absolute Gasteiger partial charge is 0.491 e. The average molecular weight is 453 g/mol. The van der Waals surface area contributed by atoms with Crippen LogP contribution in [0.25, 0.3) is 0 Å². The number of methoxy groups -OCH3 is 1. The lowest BCUT2D eigenvalue weighted by atomic mass is 10.2. The Labute approximate surface area is 192 Å². The molecule has 0 bridgehead atoms. The molecule has 174 valence electrons. The number of ether oxygens (including phenoxy) is 3. The number of morpholine rings is 1. The van der Waals surface area contributed by atoms with Crippen molar-refractivity contribution in [1.82, 2.24) is 20.1 Å². The van der Waals surface area contributed by atoms with E-state index >= 15 is 0 Å². The highest BCUT2D eigenvalue weighted by Gasteiger charge is 2.21. The van der Waals surface area contributed by atoms with Gasteiger partial charge in [-0.2, -0.15) is 0 Å². The summed E-state index contributed by atoms with van der Waals surface area (Å²) < 4.78 is 17.4. The van der Waals surface area contributed by atoms with E-state index in [1.54, 1.807) is 42.7 Å². The molecule has 2 aliphatic heterocycles. The Kier molecular flexibility index (Phi) is 7.48. The first kappa shape index (κ1) is 22.7. The Morgan fingerprint density at radius 2 is 2.21 bits per heavy atom. The van der Waals surface area contributed by atoms with Crippen molar-refractivity contribution in [2.45, 2.75) is 6.10 Å². The number of rotatable bonds is 6. The van der Waals surface area contributed by atoms with Gasteiger partial charge in [0.2, 0.25) is 5.96 Å². The molecule has 1 atom stereocenters. The van der Waals surface area contributed by atoms with Gasteiger partial charge in [0.1, 0.15) is 18.4 Å². The van der Waals surface area contributed by atoms with E-state index in [1.165, 1.54) is 6.20 Å². The number of benzene rings is 1. The summed E-state index contributed by atoms with van der Waals surface area (Å²) in [5.74, 6) is 1.07. The van der Waals surface area contributed by atoms with E-state index < -0.39 is 0 Å². The Balaban J connectivity index is 1.56. The molecule has 4 rings (SSSR count). The highest BCUT2D eigenvalue weighted by atomic mass is 16.5. The summed E-state index contributed by atoms with van der Waals surface area (Å²) in [7, 11) is 3.63. The molecule has 1 saturated heterocycles. The molecule has 0 aliphatic carbocycles. The molecular weight excluding hydrogens is 424 g/mol. The minimum Gasteiger partial charge on any atom is -0.491 e. The normalized spacial score (nSPS) is 18.9. The Morgan fingerprint density at radius 1 is 1.30 bits per heavy atom. The number of amides is 1. The molecule has 1 aromatic carbocycles. The molecule has 1 amide bonds. The third-order valence-corrected chi connectivity index (χ3v) is 5.27. The van der Waals surface area contributed by atoms with Gasteiger partial charge in [-0.05, 0) is 31.3 Å². The van der Waals surface area contributed by atoms with Crippen LogP contribution >= 0.6 is 0 Å². The highest BCUT2D eigenvalue weighted by molar-refractivity contribution is 6.08. The number of nitrogens with one attached hydrogen (secondary N) is 1. The number of hydrogen-bond acceptors (Lipinski definition) is 8. The number of guanidine groups is 1. The van der Waals surface area contributed by atoms with E-state index in [2.05, 4.69) is 27.2 Å². The maximum atomic E-state index is 12.8. The lowest BCUT2D eigenvalue weighted by Gasteiger charge is -2.30. The van der Waals surface area contributed by atoms with Gasteiger partial charge < -0.3 is 24.0 Å². The molecule has 3 heterocycles. The molecule has 33 heavy (non-hydrogen) atoms. The minimum atomic E-state index is -0.313. The molecule has 1 aromatic heterocycles. The predicted molar refractivity (Wildman–Crippen MR) is 125 cm³/mol. The first-order valence-electron chi connectivity index (χ1n) is 10.8. The molecule has 1 fully saturated rings. The predicted octanol–water partition coefficient (Wildman–Crippen LogP) is 1.56. The first-order chi connectivity index (χ1) is 16.1. The topological polar surface area (TPSA) is 101 Å². The third kappa shape index (κ3) is 5.85. The molecule has 10 nitrogen and oxygen atoms in total. The third-order valence-electron chi connectivity index (χ3n) is 5.27. The number of likely N-dealkylation sites (N-methyl/N-ethyl adjacent to an activating group) is 1. The number of carbonyl (C=O) groups is 1. The lowest BCUT2D eigenvalue weighted by molar-refractivity contribution is -0.0406. The maximum absolute atomic E-state index is 12.8. The van der Waals surface area contributed by atoms with Crippen LogP contribution in [0.2, 0.25) is 0 Å². The second-order valence-electron chi connectivity index (χ2n) is 7.72. The summed E-state index contributed by atoms with van der Waals surface area (Å²) in [6.07, 6.45) is 4.76. The summed E-state index contributed by atoms with van der Waals surface area (Å²) >= 11 is 0. The van der Waals surface area contributed by atoms with Crippen molar-refractivity contribution in [1.29, 1.82) is 0 Å². The van der Waals surface area contributed by atoms with Crippen molar-refractivity contribution in [3.8, 4) is 11.5 Å². The van der Waals surface area contributed by atoms with Crippen LogP contribution in [0.15, 0.2) is 52.7 Å². The number of para-hydroxylation sites is 1. The van der Waals surface area contributed by atoms with Crippen molar-refractivity contribution in [3.05, 3.63) is 48.3 Å². The number of hydrogen-bond donors (Lipinski definition) is 1. The average Bonchev–Trinajstić information content (AvgIpc) is 3.38. The highest BCUT2D eigenvalue weighted by Crippen LogP contribution is 2.37. The van der Waals surface area contributed by atoms with Crippen LogP contribution in [0.5, 0.6) is 11.5 Å². The van der Waals surface area contributed by atoms with E-state index in [0.717, 1.165) is 13.1 Å². The summed E-state index contributed by atoms with van der Waals surface area (Å²) in [4.78, 5) is 29.7. The second kappa shape index (κ2) is 10.9. The van der Waals surface area contributed by atoms with E-state index in [9.17, 15) is 4.79 Å². The van der Waals surface area contributed by atoms with Crippen molar-refractivity contribution in [2.24, 2.45) is 9.98 Å². The monoisotopic (exact) mass is 452 g/mol. The smallest absolute Gasteiger partial charge is 0.259 e. The maximum Gasteiger partial charge on any atom is 0.259 e. The second-order valence-corrected chi connectivity index (χ2v) is 7.72. The van der Waals surface area contributed by atoms with Gasteiger partial charge in [-0.3, -0.25) is 20.1 Å². The number of pyridine rings is 1. The molecule has 2 aliphatic rings. The van der Waals surface area contributed by atoms with Crippen molar-refractivity contribution in [2.75, 3.05) is 53.6 Å². The summed E-state index contributed by atoms with van der Waals surface area (Å²) in [5, 5.41) is 2.87. The van der Waals surface area contributed by atoms with Gasteiger partial charge in [0.25, 0.3) is 5.91 Å². The van der Waals surface area contributed by atoms with Crippen LogP contribution in [0.4, 0.5) is 5.69 Å². The van der Waals surface area contributed by atoms with E-state index in [-0.39, 0.29) is 12.0 Å². The summed E-state index contributed by atoms with van der Waals surface area (Å²) in [6, 6.07) is 8.87. The van der Waals surface area contributed by atoms with Crippen LogP contribution in [-0.2, 0) is 4.74 Å². The minimum absolute atomic E-state index is 0.0178. The van der Waals surface area contributed by atoms with Gasteiger partial charge in [0.05, 0.1) is 32.2 Å². The van der Waals surface area contributed by atoms with Crippen LogP contribution in [0.3, 0.4) is 0 Å². The fraction of sp³-hybridized carbons (Fsp3) is 0.391. The fourth-order valence-electron chi connectivity index (χ4n) is 3.55. The fourth-order valence-corrected chi connectivity index (χ4v) is 3.55. The molecule has 10 heteroatoms. The van der Waals surface area contributed by atoms with Crippen LogP contribution in [-0.4, -0.2) is 92.6 Å². The van der Waals surface area contributed by atoms with Gasteiger partial charge in [0, 0.05) is 32.0 Å². The molecule has 1 N–H and O–H groups in total. The number of aliphatic imine (C=N–C) groups is 2. The Morgan fingerprint density at radius 3 is 2.94 bits per heavy atom. The molecular formula is C23H28N6O4. The van der Waals surface area contributed by atoms with Gasteiger partial charge in [-0.25, -0.2) is 4.99 Å². The molecule has 1 unspecified atom stereocenters. The van der Waals surface area contributed by atoms with Crippen LogP contribution < -0.4 is 14.8 Å². The standard InChI is InChI=1S/C23H28N6O4/c1-28-11-12-32-18(14-28)15-33-20-7-3-6-19(21(20)31-2)26-23(29-10-9-25-16-29)27-22(30)17-5-4-8-24-13-17/h3-8,13,16,18H,9-12,14-15H2,1-2H3,(H,26,27,30). The summed E-state index contributed by atoms with van der Waals surface area (Å²) in [6.45, 7) is 4.03. The molecule has 2 aromatic rings. The van der Waals surface area contributed by atoms with Gasteiger partial charge in [0.15, 0.2) is 11.5 Å². The SMILES string of the molecule is COc1c(N=C(NC(=O)c2cccnc2)N2C=NCC2)cccc1OCC1CN(C)CCO1. The Bertz CT molecular complexity index is 1010. The Hall–Kier alpha value is -3.50. The van der Waals surface area contributed by atoms with Crippen molar-refractivity contribution in [3.63, 3.8) is 0 Å². The zero-order valence-corrected chi connectivity index (χ0v) is 18.8. The molecule has 0 saturated carbocycles. The van der Waals surface area contributed by atoms with Crippen LogP contribution in [0, 0.1) is 0 Å². The lowest BCUT2D eigenvalue weighted by Crippen LogP contribution is -2.42. The molecule has 0 spiro atoms. The van der Waals surface area contributed by atoms with E-state index in [0.29, 0.717) is 55.0 Å². The number of aromatic nitrogens is 1. The van der Waals surface area contributed by atoms with Crippen LogP contribution in [0.1, 0.15) is 10.4 Å². The van der Waals surface area contributed by atoms with E-state index in [4.69, 9.17) is 19.2 Å². The molecule has 0 radical (unpaired) electrons. The number of carbonyl (C=O) groups excluding carboxylic acids is 1. The van der Waals surface area contributed by atoms with Crippen molar-refractivity contribution < 1.29 is 19.0 Å². The summed E-state index contributed by atoms with van der Waals surface area (Å²) in [5.41, 5.74) is 0.960. The number of nitrogens with zero attached hydrogens (tertiary/aromatic N) is 5. The zero-order valence-electron chi connectivity index (χ0n) is 18.8. The van der Waals surface area contributed by atoms with Gasteiger partial charge in [-0.1, -0.05) is 6.07 Å². The van der Waals surface area contributed by atoms with Gasteiger partial charge in [-0.15, -0.1) is 0 Å². The quantitative estimate of drug-likeness (QED) is 0.524. The van der Waals surface area contributed by atoms with Crippen molar-refractivity contribution >= 4 is 23.9 Å². The zero-order chi connectivity index (χ0) is 23.0. The van der Waals surface area contributed by atoms with Gasteiger partial charge >= 0.3 is 0 Å². The van der Waals surface area contributed by atoms with E-state index in [1.807, 2.05) is 12.1 Å².